The van der Waals surface area contributed by atoms with Crippen molar-refractivity contribution in [3.05, 3.63) is 0 Å². The molecule has 0 rings (SSSR count). The van der Waals surface area contributed by atoms with Crippen LogP contribution >= 0.6 is 15.6 Å². The van der Waals surface area contributed by atoms with Crippen LogP contribution in [0.5, 0.6) is 0 Å². The van der Waals surface area contributed by atoms with E-state index in [1.54, 1.807) is 0 Å². The van der Waals surface area contributed by atoms with Crippen molar-refractivity contribution in [3.8, 4) is 0 Å². The van der Waals surface area contributed by atoms with Gasteiger partial charge in [-0.2, -0.15) is 0 Å². The highest BCUT2D eigenvalue weighted by Gasteiger charge is 2.31. The van der Waals surface area contributed by atoms with Crippen molar-refractivity contribution in [2.75, 3.05) is 39.6 Å². The molecule has 0 aliphatic heterocycles. The second kappa shape index (κ2) is 81.8. The summed E-state index contributed by atoms with van der Waals surface area (Å²) in [7, 11) is -9.94. The monoisotopic (exact) mass is 1620 g/mol. The molecule has 2 unspecified atom stereocenters. The Morgan fingerprint density at radius 1 is 0.243 bits per heavy atom. The lowest BCUT2D eigenvalue weighted by molar-refractivity contribution is -0.161. The first-order valence-corrected chi connectivity index (χ1v) is 50.3. The molecule has 0 aromatic rings. The Morgan fingerprint density at radius 2 is 0.414 bits per heavy atom. The number of phosphoric acid groups is 2. The van der Waals surface area contributed by atoms with Crippen molar-refractivity contribution in [3.63, 3.8) is 0 Å². The van der Waals surface area contributed by atoms with E-state index in [1.165, 1.54) is 302 Å². The quantitative estimate of drug-likeness (QED) is 0.0222. The molecule has 0 aliphatic rings. The van der Waals surface area contributed by atoms with Crippen LogP contribution in [0.15, 0.2) is 0 Å². The Hall–Kier alpha value is -1.94. The molecule has 19 heteroatoms. The average Bonchev–Trinajstić information content (AvgIpc) is 0.899. The number of phosphoric ester groups is 2. The number of aliphatic hydroxyl groups is 1. The van der Waals surface area contributed by atoms with Gasteiger partial charge in [-0.05, 0) is 43.4 Å². The number of esters is 4. The molecule has 0 saturated heterocycles. The van der Waals surface area contributed by atoms with Gasteiger partial charge in [-0.25, -0.2) is 9.13 Å². The van der Waals surface area contributed by atoms with Gasteiger partial charge in [0.2, 0.25) is 0 Å². The molecule has 17 nitrogen and oxygen atoms in total. The molecule has 0 heterocycles. The van der Waals surface area contributed by atoms with Gasteiger partial charge in [0, 0.05) is 25.7 Å². The lowest BCUT2D eigenvalue weighted by atomic mass is 10.0. The zero-order chi connectivity index (χ0) is 81.5. The molecule has 0 saturated carbocycles. The van der Waals surface area contributed by atoms with Crippen LogP contribution in [0.3, 0.4) is 0 Å². The molecule has 5 atom stereocenters. The lowest BCUT2D eigenvalue weighted by Crippen LogP contribution is -2.30. The van der Waals surface area contributed by atoms with E-state index in [9.17, 15) is 43.2 Å². The van der Waals surface area contributed by atoms with Gasteiger partial charge in [-0.1, -0.05) is 440 Å². The predicted molar refractivity (Wildman–Crippen MR) is 460 cm³/mol. The van der Waals surface area contributed by atoms with Gasteiger partial charge in [0.1, 0.15) is 19.3 Å². The Bertz CT molecular complexity index is 2130. The van der Waals surface area contributed by atoms with Gasteiger partial charge in [0.15, 0.2) is 12.2 Å². The second-order valence-corrected chi connectivity index (χ2v) is 37.4. The number of hydrogen-bond acceptors (Lipinski definition) is 15. The van der Waals surface area contributed by atoms with Gasteiger partial charge in [0.05, 0.1) is 26.4 Å². The average molecular weight is 1620 g/mol. The largest absolute Gasteiger partial charge is 0.472 e. The molecule has 0 aromatic heterocycles. The molecule has 0 fully saturated rings. The molecule has 0 spiro atoms. The fourth-order valence-electron chi connectivity index (χ4n) is 14.4. The van der Waals surface area contributed by atoms with E-state index < -0.39 is 97.5 Å². The van der Waals surface area contributed by atoms with Crippen LogP contribution in [0.2, 0.25) is 0 Å². The van der Waals surface area contributed by atoms with Gasteiger partial charge in [0.25, 0.3) is 0 Å². The maximum absolute atomic E-state index is 13.2. The van der Waals surface area contributed by atoms with Gasteiger partial charge in [-0.15, -0.1) is 0 Å². The SMILES string of the molecule is CCCCCCCCCCCCCC(=O)OC[C@H](COP(=O)(O)OC[C@H](O)COP(=O)(O)OC[C@@H](COC(=O)CCCCCCCCCCCCCCCCCCCCC(C)C)OC(=O)CCCCCCCCCCCCCCCCCCCCC(C)C)OC(=O)CCCCCCCCCCCCCCCCCC(C)C. The number of unbranched alkanes of at least 4 members (excludes halogenated alkanes) is 58. The summed E-state index contributed by atoms with van der Waals surface area (Å²) in [6.45, 7) is 12.1. The van der Waals surface area contributed by atoms with E-state index in [-0.39, 0.29) is 25.7 Å². The maximum atomic E-state index is 13.2. The fraction of sp³-hybridized carbons (Fsp3) is 0.957. The third-order valence-corrected chi connectivity index (χ3v) is 23.5. The normalized spacial score (nSPS) is 13.8. The fourth-order valence-corrected chi connectivity index (χ4v) is 16.0. The van der Waals surface area contributed by atoms with E-state index >= 15 is 0 Å². The second-order valence-electron chi connectivity index (χ2n) is 34.5. The third kappa shape index (κ3) is 85.8. The van der Waals surface area contributed by atoms with Crippen molar-refractivity contribution in [2.45, 2.75) is 510 Å². The van der Waals surface area contributed by atoms with E-state index in [2.05, 4.69) is 48.5 Å². The lowest BCUT2D eigenvalue weighted by Gasteiger charge is -2.21. The summed E-state index contributed by atoms with van der Waals surface area (Å²) in [6.07, 6.45) is 75.0. The minimum absolute atomic E-state index is 0.108. The van der Waals surface area contributed by atoms with Crippen LogP contribution in [0.4, 0.5) is 0 Å². The van der Waals surface area contributed by atoms with Gasteiger partial charge >= 0.3 is 39.5 Å². The van der Waals surface area contributed by atoms with Crippen LogP contribution < -0.4 is 0 Å². The highest BCUT2D eigenvalue weighted by molar-refractivity contribution is 7.47. The number of carbonyl (C=O) groups excluding carboxylic acids is 4. The summed E-state index contributed by atoms with van der Waals surface area (Å²) < 4.78 is 69.1. The molecular formula is C92H180O17P2. The topological polar surface area (TPSA) is 237 Å². The molecule has 0 radical (unpaired) electrons. The highest BCUT2D eigenvalue weighted by Crippen LogP contribution is 2.45. The van der Waals surface area contributed by atoms with Crippen molar-refractivity contribution >= 4 is 39.5 Å². The van der Waals surface area contributed by atoms with Crippen molar-refractivity contribution in [2.24, 2.45) is 17.8 Å². The Labute approximate surface area is 683 Å². The molecule has 0 aliphatic carbocycles. The predicted octanol–water partition coefficient (Wildman–Crippen LogP) is 28.4. The minimum Gasteiger partial charge on any atom is -0.462 e. The van der Waals surface area contributed by atoms with Gasteiger partial charge < -0.3 is 33.8 Å². The molecule has 0 amide bonds. The van der Waals surface area contributed by atoms with E-state index in [0.717, 1.165) is 108 Å². The number of hydrogen-bond donors (Lipinski definition) is 3. The summed E-state index contributed by atoms with van der Waals surface area (Å²) in [5, 5.41) is 10.7. The van der Waals surface area contributed by atoms with Crippen molar-refractivity contribution < 1.29 is 80.2 Å². The molecule has 660 valence electrons. The van der Waals surface area contributed by atoms with Crippen molar-refractivity contribution in [1.82, 2.24) is 0 Å². The Morgan fingerprint density at radius 3 is 0.613 bits per heavy atom. The number of carbonyl (C=O) groups is 4. The standard InChI is InChI=1S/C92H180O17P2/c1-8-9-10-11-12-13-35-45-52-59-66-73-89(94)102-79-87(108-92(97)76-69-62-55-48-41-34-28-22-25-31-38-44-51-58-65-72-85(6)7)81-106-110(98,99)104-77-86(93)78-105-111(100,101)107-82-88(109-91(96)75-68-61-54-47-40-33-27-21-17-15-19-24-30-37-43-50-57-64-71-84(4)5)80-103-90(95)74-67-60-53-46-39-32-26-20-16-14-18-23-29-36-42-49-56-63-70-83(2)3/h83-88,93H,8-82H2,1-7H3,(H,98,99)(H,100,101)/t86-,87+,88+/m0/s1. The maximum Gasteiger partial charge on any atom is 0.472 e. The zero-order valence-electron chi connectivity index (χ0n) is 73.4. The summed E-state index contributed by atoms with van der Waals surface area (Å²) in [6, 6.07) is 0. The van der Waals surface area contributed by atoms with Crippen LogP contribution in [0, 0.1) is 17.8 Å². The van der Waals surface area contributed by atoms with Crippen LogP contribution in [-0.2, 0) is 65.4 Å². The molecule has 111 heavy (non-hydrogen) atoms. The first-order valence-electron chi connectivity index (χ1n) is 47.3. The molecule has 0 bridgehead atoms. The Balaban J connectivity index is 5.23. The van der Waals surface area contributed by atoms with E-state index in [0.29, 0.717) is 25.7 Å². The smallest absolute Gasteiger partial charge is 0.462 e. The number of rotatable bonds is 90. The summed E-state index contributed by atoms with van der Waals surface area (Å²) in [5.41, 5.74) is 0. The third-order valence-electron chi connectivity index (χ3n) is 21.6. The molecule has 0 aromatic carbocycles. The minimum atomic E-state index is -4.97. The van der Waals surface area contributed by atoms with E-state index in [4.69, 9.17) is 37.0 Å². The number of ether oxygens (including phenoxy) is 4. The zero-order valence-corrected chi connectivity index (χ0v) is 75.2. The van der Waals surface area contributed by atoms with Crippen LogP contribution in [0.25, 0.3) is 0 Å². The highest BCUT2D eigenvalue weighted by atomic mass is 31.2. The van der Waals surface area contributed by atoms with Crippen molar-refractivity contribution in [1.29, 1.82) is 0 Å². The van der Waals surface area contributed by atoms with Crippen LogP contribution in [0.1, 0.15) is 492 Å². The summed E-state index contributed by atoms with van der Waals surface area (Å²) in [5.74, 6) is 0.350. The van der Waals surface area contributed by atoms with E-state index in [1.807, 2.05) is 0 Å². The van der Waals surface area contributed by atoms with Gasteiger partial charge in [-0.3, -0.25) is 37.3 Å². The van der Waals surface area contributed by atoms with Crippen LogP contribution in [-0.4, -0.2) is 96.7 Å². The molecular weight excluding hydrogens is 1440 g/mol. The number of aliphatic hydroxyl groups excluding tert-OH is 1. The first kappa shape index (κ1) is 109. The summed E-state index contributed by atoms with van der Waals surface area (Å²) in [4.78, 5) is 73.4. The first-order chi connectivity index (χ1) is 53.7. The summed E-state index contributed by atoms with van der Waals surface area (Å²) >= 11 is 0. The molecule has 3 N–H and O–H groups in total. The Kier molecular flexibility index (Phi) is 80.4.